The fourth-order valence-corrected chi connectivity index (χ4v) is 4.10. The van der Waals surface area contributed by atoms with E-state index in [9.17, 15) is 30.7 Å². The second kappa shape index (κ2) is 9.10. The summed E-state index contributed by atoms with van der Waals surface area (Å²) in [7, 11) is 0. The predicted octanol–water partition coefficient (Wildman–Crippen LogP) is 7.28. The minimum atomic E-state index is -4.54. The van der Waals surface area contributed by atoms with Crippen LogP contribution in [0.25, 0.3) is 22.3 Å². The zero-order valence-corrected chi connectivity index (χ0v) is 19.8. The van der Waals surface area contributed by atoms with Crippen molar-refractivity contribution in [3.05, 3.63) is 77.1 Å². The van der Waals surface area contributed by atoms with Crippen LogP contribution in [-0.4, -0.2) is 26.7 Å². The largest absolute Gasteiger partial charge is 0.416 e. The summed E-state index contributed by atoms with van der Waals surface area (Å²) in [5, 5.41) is 5.31. The Morgan fingerprint density at radius 2 is 1.58 bits per heavy atom. The van der Waals surface area contributed by atoms with Gasteiger partial charge < -0.3 is 10.6 Å². The zero-order valence-electron chi connectivity index (χ0n) is 19.8. The number of nitrogens with one attached hydrogen (secondary N) is 2. The van der Waals surface area contributed by atoms with Crippen molar-refractivity contribution in [3.63, 3.8) is 0 Å². The topological polar surface area (TPSA) is 62.7 Å². The normalized spacial score (nSPS) is 14.9. The Morgan fingerprint density at radius 1 is 0.868 bits per heavy atom. The number of nitrogens with zero attached hydrogens (tertiary/aromatic N) is 3. The molecule has 12 heteroatoms. The van der Waals surface area contributed by atoms with Crippen molar-refractivity contribution in [1.29, 1.82) is 0 Å². The number of aryl methyl sites for hydroxylation is 1. The molecule has 1 saturated carbocycles. The van der Waals surface area contributed by atoms with Gasteiger partial charge in [-0.3, -0.25) is 0 Å². The van der Waals surface area contributed by atoms with Gasteiger partial charge in [0, 0.05) is 12.1 Å². The van der Waals surface area contributed by atoms with Gasteiger partial charge in [-0.2, -0.15) is 31.3 Å². The van der Waals surface area contributed by atoms with Gasteiger partial charge in [-0.15, -0.1) is 0 Å². The van der Waals surface area contributed by atoms with Crippen molar-refractivity contribution in [2.24, 2.45) is 0 Å². The first-order chi connectivity index (χ1) is 17.8. The molecule has 0 bridgehead atoms. The number of alkyl halides is 6. The van der Waals surface area contributed by atoms with Crippen molar-refractivity contribution in [3.8, 4) is 11.3 Å². The van der Waals surface area contributed by atoms with E-state index in [0.29, 0.717) is 22.4 Å². The van der Waals surface area contributed by atoms with Gasteiger partial charge in [-0.25, -0.2) is 14.4 Å². The highest BCUT2D eigenvalue weighted by molar-refractivity contribution is 5.88. The average molecular weight is 535 g/mol. The maximum absolute atomic E-state index is 13.7. The van der Waals surface area contributed by atoms with Gasteiger partial charge in [-0.05, 0) is 73.9 Å². The average Bonchev–Trinajstić information content (AvgIpc) is 3.63. The Bertz CT molecular complexity index is 1490. The third-order valence-corrected chi connectivity index (χ3v) is 6.25. The van der Waals surface area contributed by atoms with Gasteiger partial charge in [0.2, 0.25) is 5.95 Å². The molecule has 2 N–H and O–H groups in total. The summed E-state index contributed by atoms with van der Waals surface area (Å²) in [6, 6.07) is 12.1. The third-order valence-electron chi connectivity index (χ3n) is 6.25. The number of rotatable bonds is 6. The molecule has 1 aliphatic rings. The first-order valence-electron chi connectivity index (χ1n) is 11.5. The standard InChI is InChI=1S/C26H20F7N5/c1-14-10-15(12-17(11-14)25(28,29)30)13-34-23-36-20-7-6-19(16-2-4-18(27)5-3-16)35-21(20)22(37-23)38-24(8-9-24)26(31,32)33/h2-7,10-12H,8-9,13H2,1H3,(H2,34,36,37,38). The van der Waals surface area contributed by atoms with E-state index in [4.69, 9.17) is 0 Å². The fourth-order valence-electron chi connectivity index (χ4n) is 4.10. The number of hydrogen-bond donors (Lipinski definition) is 2. The molecule has 5 rings (SSSR count). The zero-order chi connectivity index (χ0) is 27.3. The van der Waals surface area contributed by atoms with Crippen LogP contribution in [0.4, 0.5) is 42.5 Å². The molecule has 0 saturated heterocycles. The van der Waals surface area contributed by atoms with Crippen LogP contribution in [0.1, 0.15) is 29.5 Å². The lowest BCUT2D eigenvalue weighted by atomic mass is 10.1. The Hall–Kier alpha value is -3.96. The summed E-state index contributed by atoms with van der Waals surface area (Å²) in [5.41, 5.74) is -1.06. The van der Waals surface area contributed by atoms with Crippen LogP contribution in [0.3, 0.4) is 0 Å². The molecule has 0 radical (unpaired) electrons. The molecule has 0 atom stereocenters. The SMILES string of the molecule is Cc1cc(CNc2nc(NC3(C(F)(F)F)CC3)c3nc(-c4ccc(F)cc4)ccc3n2)cc(C(F)(F)F)c1. The van der Waals surface area contributed by atoms with Gasteiger partial charge >= 0.3 is 12.4 Å². The lowest BCUT2D eigenvalue weighted by Gasteiger charge is -2.22. The quantitative estimate of drug-likeness (QED) is 0.254. The first-order valence-corrected chi connectivity index (χ1v) is 11.5. The van der Waals surface area contributed by atoms with Crippen LogP contribution >= 0.6 is 0 Å². The first kappa shape index (κ1) is 25.7. The summed E-state index contributed by atoms with van der Waals surface area (Å²) >= 11 is 0. The summed E-state index contributed by atoms with van der Waals surface area (Å²) in [6.07, 6.45) is -9.36. The van der Waals surface area contributed by atoms with E-state index in [1.165, 1.54) is 31.2 Å². The van der Waals surface area contributed by atoms with Crippen molar-refractivity contribution in [2.75, 3.05) is 10.6 Å². The number of aromatic nitrogens is 3. The van der Waals surface area contributed by atoms with Crippen molar-refractivity contribution in [2.45, 2.75) is 44.2 Å². The molecule has 0 amide bonds. The smallest absolute Gasteiger partial charge is 0.354 e. The molecule has 0 aliphatic heterocycles. The van der Waals surface area contributed by atoms with Gasteiger partial charge in [0.15, 0.2) is 5.82 Å². The molecule has 38 heavy (non-hydrogen) atoms. The van der Waals surface area contributed by atoms with E-state index in [1.807, 2.05) is 0 Å². The second-order valence-corrected chi connectivity index (χ2v) is 9.23. The molecule has 2 heterocycles. The van der Waals surface area contributed by atoms with E-state index >= 15 is 0 Å². The lowest BCUT2D eigenvalue weighted by molar-refractivity contribution is -0.151. The predicted molar refractivity (Wildman–Crippen MR) is 128 cm³/mol. The van der Waals surface area contributed by atoms with Gasteiger partial charge in [0.1, 0.15) is 16.9 Å². The summed E-state index contributed by atoms with van der Waals surface area (Å²) in [5.74, 6) is -0.700. The van der Waals surface area contributed by atoms with Crippen LogP contribution < -0.4 is 10.6 Å². The maximum Gasteiger partial charge on any atom is 0.416 e. The van der Waals surface area contributed by atoms with Crippen LogP contribution in [0.2, 0.25) is 0 Å². The highest BCUT2D eigenvalue weighted by Crippen LogP contribution is 2.51. The number of anilines is 2. The molecule has 4 aromatic rings. The summed E-state index contributed by atoms with van der Waals surface area (Å²) < 4.78 is 94.2. The van der Waals surface area contributed by atoms with E-state index in [1.54, 1.807) is 18.2 Å². The number of pyridine rings is 1. The number of halogens is 7. The molecule has 0 unspecified atom stereocenters. The van der Waals surface area contributed by atoms with Gasteiger partial charge in [0.25, 0.3) is 0 Å². The van der Waals surface area contributed by atoms with Gasteiger partial charge in [0.05, 0.1) is 16.8 Å². The fraction of sp³-hybridized carbons (Fsp3) is 0.269. The molecule has 1 aliphatic carbocycles. The van der Waals surface area contributed by atoms with Crippen LogP contribution in [0.5, 0.6) is 0 Å². The van der Waals surface area contributed by atoms with E-state index in [0.717, 1.165) is 12.1 Å². The summed E-state index contributed by atoms with van der Waals surface area (Å²) in [6.45, 7) is 1.44. The molecule has 2 aromatic carbocycles. The molecule has 1 fully saturated rings. The number of hydrogen-bond acceptors (Lipinski definition) is 5. The van der Waals surface area contributed by atoms with Crippen molar-refractivity contribution < 1.29 is 30.7 Å². The Balaban J connectivity index is 1.52. The third kappa shape index (κ3) is 5.20. The Morgan fingerprint density at radius 3 is 2.21 bits per heavy atom. The minimum absolute atomic E-state index is 0.0720. The van der Waals surface area contributed by atoms with Crippen molar-refractivity contribution >= 4 is 22.8 Å². The van der Waals surface area contributed by atoms with Crippen LogP contribution in [0, 0.1) is 12.7 Å². The van der Waals surface area contributed by atoms with Crippen LogP contribution in [0.15, 0.2) is 54.6 Å². The summed E-state index contributed by atoms with van der Waals surface area (Å²) in [4.78, 5) is 13.0. The minimum Gasteiger partial charge on any atom is -0.354 e. The van der Waals surface area contributed by atoms with Gasteiger partial charge in [-0.1, -0.05) is 11.6 Å². The molecule has 2 aromatic heterocycles. The molecular weight excluding hydrogens is 515 g/mol. The second-order valence-electron chi connectivity index (χ2n) is 9.23. The van der Waals surface area contributed by atoms with E-state index in [2.05, 4.69) is 25.6 Å². The Labute approximate surface area is 212 Å². The number of benzene rings is 2. The lowest BCUT2D eigenvalue weighted by Crippen LogP contribution is -2.39. The highest BCUT2D eigenvalue weighted by atomic mass is 19.4. The van der Waals surface area contributed by atoms with Crippen molar-refractivity contribution in [1.82, 2.24) is 15.0 Å². The Kier molecular flexibility index (Phi) is 6.15. The number of fused-ring (bicyclic) bond motifs is 1. The molecule has 0 spiro atoms. The maximum atomic E-state index is 13.7. The van der Waals surface area contributed by atoms with E-state index < -0.39 is 29.3 Å². The molecule has 198 valence electrons. The monoisotopic (exact) mass is 535 g/mol. The van der Waals surface area contributed by atoms with E-state index in [-0.39, 0.29) is 42.2 Å². The molecular formula is C26H20F7N5. The van der Waals surface area contributed by atoms with Crippen LogP contribution in [-0.2, 0) is 12.7 Å². The molecule has 5 nitrogen and oxygen atoms in total. The highest BCUT2D eigenvalue weighted by Gasteiger charge is 2.64.